The highest BCUT2D eigenvalue weighted by Crippen LogP contribution is 1.82. The monoisotopic (exact) mass is 187 g/mol. The Morgan fingerprint density at radius 3 is 2.18 bits per heavy atom. The van der Waals surface area contributed by atoms with Gasteiger partial charge in [-0.25, -0.2) is 13.6 Å². The van der Waals surface area contributed by atoms with Crippen LogP contribution in [0.25, 0.3) is 0 Å². The van der Waals surface area contributed by atoms with Crippen molar-refractivity contribution < 1.29 is 8.42 Å². The van der Waals surface area contributed by atoms with E-state index in [0.29, 0.717) is 0 Å². The first-order chi connectivity index (χ1) is 5.08. The van der Waals surface area contributed by atoms with Gasteiger partial charge in [0, 0.05) is 0 Å². The largest absolute Gasteiger partial charge is 0.235 e. The van der Waals surface area contributed by atoms with Crippen LogP contribution in [0.1, 0.15) is 0 Å². The van der Waals surface area contributed by atoms with Gasteiger partial charge < -0.3 is 0 Å². The maximum absolute atomic E-state index is 10.6. The summed E-state index contributed by atoms with van der Waals surface area (Å²) in [6.07, 6.45) is 0. The average molecular weight is 187 g/mol. The van der Waals surface area contributed by atoms with Gasteiger partial charge in [-0.3, -0.25) is 0 Å². The quantitative estimate of drug-likeness (QED) is 0.584. The van der Waals surface area contributed by atoms with Crippen LogP contribution in [-0.2, 0) is 9.47 Å². The summed E-state index contributed by atoms with van der Waals surface area (Å²) < 4.78 is 21.3. The molecule has 0 radical (unpaired) electrons. The average Bonchev–Trinajstić information content (AvgIpc) is 1.85. The second kappa shape index (κ2) is 3.16. The normalized spacial score (nSPS) is 12.5. The van der Waals surface area contributed by atoms with Crippen LogP contribution < -0.4 is 10.3 Å². The lowest BCUT2D eigenvalue weighted by molar-refractivity contribution is 0.610. The minimum atomic E-state index is -3.24. The Bertz CT molecular complexity index is 322. The van der Waals surface area contributed by atoms with Gasteiger partial charge in [-0.2, -0.15) is 0 Å². The zero-order chi connectivity index (χ0) is 8.32. The van der Waals surface area contributed by atoms with E-state index >= 15 is 0 Å². The lowest BCUT2D eigenvalue weighted by Crippen LogP contribution is -2.29. The van der Waals surface area contributed by atoms with Crippen LogP contribution in [0.15, 0.2) is 30.3 Å². The van der Waals surface area contributed by atoms with E-state index in [1.807, 2.05) is 18.2 Å². The Morgan fingerprint density at radius 1 is 1.18 bits per heavy atom. The molecule has 3 nitrogen and oxygen atoms in total. The molecule has 2 N–H and O–H groups in total. The molecule has 11 heavy (non-hydrogen) atoms. The molecular weight excluding hydrogens is 178 g/mol. The predicted octanol–water partition coefficient (Wildman–Crippen LogP) is -1.32. The van der Waals surface area contributed by atoms with Gasteiger partial charge in [0.15, 0.2) is 9.47 Å². The molecule has 0 aliphatic rings. The molecule has 0 aromatic heterocycles. The van der Waals surface area contributed by atoms with Crippen molar-refractivity contribution in [2.45, 2.75) is 0 Å². The van der Waals surface area contributed by atoms with E-state index in [-0.39, 0.29) is 0 Å². The molecule has 1 aromatic rings. The van der Waals surface area contributed by atoms with Crippen molar-refractivity contribution in [1.29, 1.82) is 0 Å². The van der Waals surface area contributed by atoms with Gasteiger partial charge in [0.2, 0.25) is 8.67 Å². The van der Waals surface area contributed by atoms with E-state index in [9.17, 15) is 8.42 Å². The fourth-order valence-electron chi connectivity index (χ4n) is 0.807. The Labute approximate surface area is 67.7 Å². The summed E-state index contributed by atoms with van der Waals surface area (Å²) in [5.41, 5.74) is 0. The molecule has 0 saturated carbocycles. The first kappa shape index (κ1) is 8.44. The Hall–Kier alpha value is -0.653. The van der Waals surface area contributed by atoms with Crippen molar-refractivity contribution in [2.24, 2.45) is 5.14 Å². The fraction of sp³-hybridized carbons (Fsp3) is 0. The summed E-state index contributed by atoms with van der Waals surface area (Å²) in [5.74, 6) is 0. The van der Waals surface area contributed by atoms with E-state index < -0.39 is 18.1 Å². The smallest absolute Gasteiger partial charge is 0.214 e. The van der Waals surface area contributed by atoms with Crippen molar-refractivity contribution in [3.63, 3.8) is 0 Å². The first-order valence-corrected chi connectivity index (χ1v) is 7.28. The Kier molecular flexibility index (Phi) is 2.43. The van der Waals surface area contributed by atoms with Crippen LogP contribution in [0.4, 0.5) is 0 Å². The molecule has 0 atom stereocenters. The van der Waals surface area contributed by atoms with Gasteiger partial charge in [0.25, 0.3) is 0 Å². The topological polar surface area (TPSA) is 60.2 Å². The van der Waals surface area contributed by atoms with Crippen LogP contribution in [0.3, 0.4) is 0 Å². The number of hydrogen-bond acceptors (Lipinski definition) is 2. The van der Waals surface area contributed by atoms with Crippen molar-refractivity contribution in [3.05, 3.63) is 30.3 Å². The lowest BCUT2D eigenvalue weighted by Gasteiger charge is -1.95. The third kappa shape index (κ3) is 3.31. The summed E-state index contributed by atoms with van der Waals surface area (Å²) in [6, 6.07) is 9.05. The van der Waals surface area contributed by atoms with Crippen LogP contribution in [0.2, 0.25) is 0 Å². The van der Waals surface area contributed by atoms with E-state index in [4.69, 9.17) is 5.14 Å². The predicted molar refractivity (Wildman–Crippen MR) is 47.7 cm³/mol. The van der Waals surface area contributed by atoms with Crippen LogP contribution in [0.5, 0.6) is 0 Å². The fourth-order valence-corrected chi connectivity index (χ4v) is 3.71. The molecule has 0 unspecified atom stereocenters. The molecule has 0 spiro atoms. The van der Waals surface area contributed by atoms with Crippen LogP contribution in [0, 0.1) is 0 Å². The SMILES string of the molecule is NS(=O)(=O)[SiH2]c1ccccc1. The summed E-state index contributed by atoms with van der Waals surface area (Å²) in [5, 5.41) is 5.76. The number of rotatable bonds is 2. The van der Waals surface area contributed by atoms with Crippen LogP contribution in [-0.4, -0.2) is 17.1 Å². The summed E-state index contributed by atoms with van der Waals surface area (Å²) >= 11 is 0. The van der Waals surface area contributed by atoms with Gasteiger partial charge in [-0.15, -0.1) is 0 Å². The molecule has 0 amide bonds. The Balaban J connectivity index is 2.82. The zero-order valence-electron chi connectivity index (χ0n) is 5.90. The molecule has 0 fully saturated rings. The third-order valence-electron chi connectivity index (χ3n) is 1.21. The molecule has 5 heteroatoms. The van der Waals surface area contributed by atoms with E-state index in [0.717, 1.165) is 5.19 Å². The molecular formula is C6H9NO2SSi. The summed E-state index contributed by atoms with van der Waals surface area (Å²) in [4.78, 5) is 0. The van der Waals surface area contributed by atoms with Crippen molar-refractivity contribution in [1.82, 2.24) is 0 Å². The molecule has 0 aliphatic heterocycles. The van der Waals surface area contributed by atoms with E-state index in [1.165, 1.54) is 0 Å². The van der Waals surface area contributed by atoms with E-state index in [1.54, 1.807) is 12.1 Å². The summed E-state index contributed by atoms with van der Waals surface area (Å²) in [7, 11) is -4.56. The molecule has 60 valence electrons. The van der Waals surface area contributed by atoms with Crippen molar-refractivity contribution >= 4 is 23.3 Å². The first-order valence-electron chi connectivity index (χ1n) is 3.12. The highest BCUT2D eigenvalue weighted by atomic mass is 32.4. The van der Waals surface area contributed by atoms with Gasteiger partial charge in [-0.05, 0) is 5.19 Å². The molecule has 0 aliphatic carbocycles. The maximum Gasteiger partial charge on any atom is 0.214 e. The molecule has 1 aromatic carbocycles. The van der Waals surface area contributed by atoms with Gasteiger partial charge >= 0.3 is 0 Å². The van der Waals surface area contributed by atoms with Crippen molar-refractivity contribution in [2.75, 3.05) is 0 Å². The maximum atomic E-state index is 10.6. The standard InChI is InChI=1S/C6H9NO2SSi/c7-10(8,9)11-6-4-2-1-3-5-6/h1-5H,11H2,(H2,7,8,9). The van der Waals surface area contributed by atoms with Gasteiger partial charge in [-0.1, -0.05) is 30.3 Å². The minimum Gasteiger partial charge on any atom is -0.235 e. The minimum absolute atomic E-state index is 0.856. The van der Waals surface area contributed by atoms with E-state index in [2.05, 4.69) is 0 Å². The van der Waals surface area contributed by atoms with Crippen LogP contribution >= 0.6 is 0 Å². The second-order valence-electron chi connectivity index (χ2n) is 2.29. The molecule has 0 heterocycles. The Morgan fingerprint density at radius 2 is 1.73 bits per heavy atom. The molecule has 1 rings (SSSR count). The summed E-state index contributed by atoms with van der Waals surface area (Å²) in [6.45, 7) is 0. The highest BCUT2D eigenvalue weighted by Gasteiger charge is 2.04. The number of nitrogens with two attached hydrogens (primary N) is 1. The second-order valence-corrected chi connectivity index (χ2v) is 8.00. The third-order valence-corrected chi connectivity index (χ3v) is 4.62. The van der Waals surface area contributed by atoms with Crippen molar-refractivity contribution in [3.8, 4) is 0 Å². The number of hydrogen-bond donors (Lipinski definition) is 1. The number of benzene rings is 1. The molecule has 0 bridgehead atoms. The van der Waals surface area contributed by atoms with Gasteiger partial charge in [0.1, 0.15) is 0 Å². The lowest BCUT2D eigenvalue weighted by atomic mass is 10.4. The molecule has 0 saturated heterocycles. The highest BCUT2D eigenvalue weighted by molar-refractivity contribution is 8.14. The zero-order valence-corrected chi connectivity index (χ0v) is 8.13. The van der Waals surface area contributed by atoms with Gasteiger partial charge in [0.05, 0.1) is 0 Å².